The first-order chi connectivity index (χ1) is 7.31. The summed E-state index contributed by atoms with van der Waals surface area (Å²) in [6, 6.07) is 10.1. The molecular weight excluding hydrogens is 186 g/mol. The summed E-state index contributed by atoms with van der Waals surface area (Å²) in [7, 11) is 1.69. The minimum Gasteiger partial charge on any atom is -0.496 e. The highest BCUT2D eigenvalue weighted by atomic mass is 16.5. The third-order valence-electron chi connectivity index (χ3n) is 2.35. The molecule has 76 valence electrons. The lowest BCUT2D eigenvalue weighted by atomic mass is 10.0. The second-order valence-corrected chi connectivity index (χ2v) is 3.44. The van der Waals surface area contributed by atoms with Gasteiger partial charge < -0.3 is 4.74 Å². The fraction of sp³-hybridized carbons (Fsp3) is 0.154. The number of benzene rings is 1. The second kappa shape index (κ2) is 4.13. The van der Waals surface area contributed by atoms with E-state index in [9.17, 15) is 0 Å². The van der Waals surface area contributed by atoms with Crippen molar-refractivity contribution in [2.45, 2.75) is 6.92 Å². The van der Waals surface area contributed by atoms with Crippen molar-refractivity contribution < 1.29 is 4.74 Å². The zero-order valence-corrected chi connectivity index (χ0v) is 8.90. The Hall–Kier alpha value is -1.83. The molecule has 1 aromatic carbocycles. The topological polar surface area (TPSA) is 22.1 Å². The van der Waals surface area contributed by atoms with Crippen LogP contribution < -0.4 is 4.74 Å². The van der Waals surface area contributed by atoms with Crippen molar-refractivity contribution in [2.24, 2.45) is 0 Å². The van der Waals surface area contributed by atoms with Crippen molar-refractivity contribution in [3.05, 3.63) is 48.3 Å². The highest BCUT2D eigenvalue weighted by molar-refractivity contribution is 5.70. The molecule has 0 aliphatic carbocycles. The van der Waals surface area contributed by atoms with Gasteiger partial charge in [-0.1, -0.05) is 11.6 Å². The second-order valence-electron chi connectivity index (χ2n) is 3.44. The molecular formula is C13H13NO. The van der Waals surface area contributed by atoms with Crippen LogP contribution in [0.1, 0.15) is 5.56 Å². The SMILES string of the molecule is COc1ccc(C)cc1-c1ccncc1. The van der Waals surface area contributed by atoms with Crippen molar-refractivity contribution in [2.75, 3.05) is 7.11 Å². The van der Waals surface area contributed by atoms with Crippen molar-refractivity contribution >= 4 is 0 Å². The Kier molecular flexibility index (Phi) is 2.68. The Bertz CT molecular complexity index is 451. The maximum Gasteiger partial charge on any atom is 0.126 e. The van der Waals surface area contributed by atoms with Gasteiger partial charge in [0.15, 0.2) is 0 Å². The van der Waals surface area contributed by atoms with E-state index in [1.807, 2.05) is 24.3 Å². The monoisotopic (exact) mass is 199 g/mol. The van der Waals surface area contributed by atoms with Crippen molar-refractivity contribution in [3.63, 3.8) is 0 Å². The van der Waals surface area contributed by atoms with Crippen molar-refractivity contribution in [1.29, 1.82) is 0 Å². The molecule has 0 saturated heterocycles. The molecule has 0 amide bonds. The third-order valence-corrected chi connectivity index (χ3v) is 2.35. The van der Waals surface area contributed by atoms with Crippen LogP contribution in [-0.2, 0) is 0 Å². The number of hydrogen-bond donors (Lipinski definition) is 0. The van der Waals surface area contributed by atoms with Gasteiger partial charge in [-0.15, -0.1) is 0 Å². The predicted octanol–water partition coefficient (Wildman–Crippen LogP) is 3.07. The van der Waals surface area contributed by atoms with Gasteiger partial charge in [-0.3, -0.25) is 4.98 Å². The maximum absolute atomic E-state index is 5.33. The van der Waals surface area contributed by atoms with Gasteiger partial charge in [-0.25, -0.2) is 0 Å². The Morgan fingerprint density at radius 1 is 1.07 bits per heavy atom. The fourth-order valence-electron chi connectivity index (χ4n) is 1.58. The van der Waals surface area contributed by atoms with Crippen LogP contribution in [0.2, 0.25) is 0 Å². The molecule has 2 nitrogen and oxygen atoms in total. The van der Waals surface area contributed by atoms with E-state index in [4.69, 9.17) is 4.74 Å². The van der Waals surface area contributed by atoms with Crippen LogP contribution in [-0.4, -0.2) is 12.1 Å². The summed E-state index contributed by atoms with van der Waals surface area (Å²) in [6.45, 7) is 2.07. The van der Waals surface area contributed by atoms with Gasteiger partial charge in [-0.05, 0) is 36.8 Å². The third kappa shape index (κ3) is 1.99. The molecule has 0 saturated carbocycles. The summed E-state index contributed by atoms with van der Waals surface area (Å²) in [4.78, 5) is 4.01. The minimum atomic E-state index is 0.895. The van der Waals surface area contributed by atoms with Crippen molar-refractivity contribution in [3.8, 4) is 16.9 Å². The van der Waals surface area contributed by atoms with E-state index in [-0.39, 0.29) is 0 Å². The highest BCUT2D eigenvalue weighted by Gasteiger charge is 2.04. The van der Waals surface area contributed by atoms with E-state index in [1.165, 1.54) is 5.56 Å². The molecule has 0 atom stereocenters. The van der Waals surface area contributed by atoms with Gasteiger partial charge in [0, 0.05) is 18.0 Å². The zero-order chi connectivity index (χ0) is 10.7. The number of nitrogens with zero attached hydrogens (tertiary/aromatic N) is 1. The van der Waals surface area contributed by atoms with E-state index in [1.54, 1.807) is 19.5 Å². The van der Waals surface area contributed by atoms with Crippen LogP contribution in [0.15, 0.2) is 42.7 Å². The van der Waals surface area contributed by atoms with E-state index in [2.05, 4.69) is 18.0 Å². The lowest BCUT2D eigenvalue weighted by Gasteiger charge is -2.09. The first kappa shape index (κ1) is 9.71. The molecule has 0 N–H and O–H groups in total. The fourth-order valence-corrected chi connectivity index (χ4v) is 1.58. The van der Waals surface area contributed by atoms with Crippen LogP contribution >= 0.6 is 0 Å². The smallest absolute Gasteiger partial charge is 0.126 e. The average molecular weight is 199 g/mol. The molecule has 2 aromatic rings. The molecule has 1 aromatic heterocycles. The number of hydrogen-bond acceptors (Lipinski definition) is 2. The lowest BCUT2D eigenvalue weighted by molar-refractivity contribution is 0.416. The van der Waals surface area contributed by atoms with Crippen LogP contribution in [0.25, 0.3) is 11.1 Å². The predicted molar refractivity (Wildman–Crippen MR) is 61.0 cm³/mol. The molecule has 1 heterocycles. The van der Waals surface area contributed by atoms with E-state index < -0.39 is 0 Å². The number of rotatable bonds is 2. The first-order valence-corrected chi connectivity index (χ1v) is 4.86. The quantitative estimate of drug-likeness (QED) is 0.741. The van der Waals surface area contributed by atoms with Gasteiger partial charge >= 0.3 is 0 Å². The van der Waals surface area contributed by atoms with Gasteiger partial charge in [0.2, 0.25) is 0 Å². The Morgan fingerprint density at radius 2 is 1.80 bits per heavy atom. The number of pyridine rings is 1. The molecule has 0 fully saturated rings. The van der Waals surface area contributed by atoms with E-state index in [0.717, 1.165) is 16.9 Å². The zero-order valence-electron chi connectivity index (χ0n) is 8.90. The Balaban J connectivity index is 2.56. The molecule has 15 heavy (non-hydrogen) atoms. The summed E-state index contributed by atoms with van der Waals surface area (Å²) < 4.78 is 5.33. The summed E-state index contributed by atoms with van der Waals surface area (Å²) in [5, 5.41) is 0. The summed E-state index contributed by atoms with van der Waals surface area (Å²) >= 11 is 0. The molecule has 0 aliphatic rings. The summed E-state index contributed by atoms with van der Waals surface area (Å²) in [5.74, 6) is 0.895. The molecule has 0 aliphatic heterocycles. The Labute approximate surface area is 89.6 Å². The van der Waals surface area contributed by atoms with Gasteiger partial charge in [0.25, 0.3) is 0 Å². The van der Waals surface area contributed by atoms with Crippen LogP contribution in [0.3, 0.4) is 0 Å². The van der Waals surface area contributed by atoms with Gasteiger partial charge in [0.1, 0.15) is 5.75 Å². The standard InChI is InChI=1S/C13H13NO/c1-10-3-4-13(15-2)12(9-10)11-5-7-14-8-6-11/h3-9H,1-2H3. The molecule has 0 radical (unpaired) electrons. The maximum atomic E-state index is 5.33. The number of aromatic nitrogens is 1. The molecule has 2 rings (SSSR count). The lowest BCUT2D eigenvalue weighted by Crippen LogP contribution is -1.88. The van der Waals surface area contributed by atoms with Gasteiger partial charge in [-0.2, -0.15) is 0 Å². The number of methoxy groups -OCH3 is 1. The van der Waals surface area contributed by atoms with Crippen LogP contribution in [0.5, 0.6) is 5.75 Å². The minimum absolute atomic E-state index is 0.895. The summed E-state index contributed by atoms with van der Waals surface area (Å²) in [5.41, 5.74) is 3.47. The molecule has 0 spiro atoms. The highest BCUT2D eigenvalue weighted by Crippen LogP contribution is 2.30. The summed E-state index contributed by atoms with van der Waals surface area (Å²) in [6.07, 6.45) is 3.58. The van der Waals surface area contributed by atoms with Gasteiger partial charge in [0.05, 0.1) is 7.11 Å². The molecule has 0 unspecified atom stereocenters. The first-order valence-electron chi connectivity index (χ1n) is 4.86. The van der Waals surface area contributed by atoms with Crippen LogP contribution in [0.4, 0.5) is 0 Å². The van der Waals surface area contributed by atoms with E-state index in [0.29, 0.717) is 0 Å². The Morgan fingerprint density at radius 3 is 2.47 bits per heavy atom. The average Bonchev–Trinajstić information content (AvgIpc) is 2.30. The number of aryl methyl sites for hydroxylation is 1. The molecule has 0 bridgehead atoms. The largest absolute Gasteiger partial charge is 0.496 e. The van der Waals surface area contributed by atoms with Crippen molar-refractivity contribution in [1.82, 2.24) is 4.98 Å². The normalized spacial score (nSPS) is 10.0. The van der Waals surface area contributed by atoms with E-state index >= 15 is 0 Å². The molecule has 2 heteroatoms. The van der Waals surface area contributed by atoms with Crippen LogP contribution in [0, 0.1) is 6.92 Å². The number of ether oxygens (including phenoxy) is 1.